The fourth-order valence-electron chi connectivity index (χ4n) is 10.8. The van der Waals surface area contributed by atoms with Crippen LogP contribution in [0.2, 0.25) is 0 Å². The largest absolute Gasteiger partial charge is 0.472 e. The standard InChI is InChI=1S/C82H145N2O6P/c1-6-8-10-12-14-16-18-20-22-24-26-28-30-32-34-36-37-38-39-40-41-42-43-44-45-46-47-48-50-52-54-56-58-60-62-64-66-68-70-72-74-76-82(86)83-80(79-90-91(87,88)89-78-77-84(3,4)5)81(85)75-73-71-69-67-65-63-61-59-57-55-53-51-49-35-33-31-29-27-25-23-21-19-17-15-13-11-9-7-2/h8,10,14,16,20,22,26,28,32,34,37-38,40-41,43-44,46-47,65,67,73,75,80-81,85H,6-7,9,11-13,15,17-19,21,23-25,27,29-31,33,35-36,39,42,45,48-64,66,68-72,74,76-79H2,1-5H3,(H-,83,86,87,88)/p+1/b10-8-,16-14-,22-20-,28-26-,34-32-,38-37-,41-40-,44-43-,47-46-,67-65+,75-73+. The number of hydrogen-bond acceptors (Lipinski definition) is 5. The quantitative estimate of drug-likeness (QED) is 0.0243. The van der Waals surface area contributed by atoms with Gasteiger partial charge < -0.3 is 19.8 Å². The number of unbranched alkanes of at least 4 members (excludes halogenated alkanes) is 36. The van der Waals surface area contributed by atoms with Crippen molar-refractivity contribution in [2.24, 2.45) is 0 Å². The highest BCUT2D eigenvalue weighted by atomic mass is 31.2. The van der Waals surface area contributed by atoms with Crippen LogP contribution in [0.5, 0.6) is 0 Å². The summed E-state index contributed by atoms with van der Waals surface area (Å²) in [5.74, 6) is -0.189. The molecule has 0 spiro atoms. The van der Waals surface area contributed by atoms with E-state index in [2.05, 4.69) is 141 Å². The van der Waals surface area contributed by atoms with Gasteiger partial charge in [0.1, 0.15) is 13.2 Å². The highest BCUT2D eigenvalue weighted by Gasteiger charge is 2.28. The number of aliphatic hydroxyl groups is 1. The van der Waals surface area contributed by atoms with Crippen molar-refractivity contribution in [2.45, 2.75) is 341 Å². The lowest BCUT2D eigenvalue weighted by atomic mass is 10.0. The normalized spacial score (nSPS) is 14.3. The second-order valence-electron chi connectivity index (χ2n) is 26.6. The smallest absolute Gasteiger partial charge is 0.387 e. The van der Waals surface area contributed by atoms with E-state index in [4.69, 9.17) is 9.05 Å². The summed E-state index contributed by atoms with van der Waals surface area (Å²) in [5, 5.41) is 14.0. The maximum Gasteiger partial charge on any atom is 0.472 e. The number of hydrogen-bond donors (Lipinski definition) is 3. The lowest BCUT2D eigenvalue weighted by molar-refractivity contribution is -0.870. The van der Waals surface area contributed by atoms with Gasteiger partial charge in [0.05, 0.1) is 39.9 Å². The van der Waals surface area contributed by atoms with Gasteiger partial charge in [-0.05, 0) is 103 Å². The van der Waals surface area contributed by atoms with Crippen molar-refractivity contribution in [1.29, 1.82) is 0 Å². The minimum Gasteiger partial charge on any atom is -0.387 e. The maximum atomic E-state index is 13.1. The van der Waals surface area contributed by atoms with E-state index in [9.17, 15) is 19.4 Å². The molecule has 0 aliphatic heterocycles. The van der Waals surface area contributed by atoms with Gasteiger partial charge in [-0.1, -0.05) is 353 Å². The van der Waals surface area contributed by atoms with Crippen LogP contribution < -0.4 is 5.32 Å². The Morgan fingerprint density at radius 3 is 1.01 bits per heavy atom. The number of carbonyl (C=O) groups excluding carboxylic acids is 1. The van der Waals surface area contributed by atoms with Crippen LogP contribution in [0.4, 0.5) is 0 Å². The number of quaternary nitrogens is 1. The fourth-order valence-corrected chi connectivity index (χ4v) is 11.5. The summed E-state index contributed by atoms with van der Waals surface area (Å²) >= 11 is 0. The van der Waals surface area contributed by atoms with Crippen molar-refractivity contribution >= 4 is 13.7 Å². The number of amides is 1. The fraction of sp³-hybridized carbons (Fsp3) is 0.720. The molecule has 0 aromatic rings. The Morgan fingerprint density at radius 1 is 0.385 bits per heavy atom. The molecule has 0 heterocycles. The van der Waals surface area contributed by atoms with Gasteiger partial charge in [-0.25, -0.2) is 4.57 Å². The molecule has 0 aromatic heterocycles. The molecule has 91 heavy (non-hydrogen) atoms. The molecule has 0 aromatic carbocycles. The lowest BCUT2D eigenvalue weighted by Crippen LogP contribution is -2.45. The summed E-state index contributed by atoms with van der Waals surface area (Å²) in [5.41, 5.74) is 0. The molecule has 524 valence electrons. The third-order valence-corrected chi connectivity index (χ3v) is 17.6. The van der Waals surface area contributed by atoms with Crippen molar-refractivity contribution in [1.82, 2.24) is 5.32 Å². The van der Waals surface area contributed by atoms with E-state index in [0.29, 0.717) is 17.4 Å². The van der Waals surface area contributed by atoms with Crippen LogP contribution >= 0.6 is 7.82 Å². The average Bonchev–Trinajstić information content (AvgIpc) is 3.59. The maximum absolute atomic E-state index is 13.1. The zero-order valence-corrected chi connectivity index (χ0v) is 60.9. The van der Waals surface area contributed by atoms with Crippen molar-refractivity contribution in [3.63, 3.8) is 0 Å². The Balaban J connectivity index is 4.08. The van der Waals surface area contributed by atoms with E-state index >= 15 is 0 Å². The van der Waals surface area contributed by atoms with Crippen LogP contribution in [0.3, 0.4) is 0 Å². The van der Waals surface area contributed by atoms with Gasteiger partial charge in [-0.15, -0.1) is 0 Å². The van der Waals surface area contributed by atoms with Gasteiger partial charge in [-0.2, -0.15) is 0 Å². The van der Waals surface area contributed by atoms with Crippen LogP contribution in [0.25, 0.3) is 0 Å². The Bertz CT molecular complexity index is 1950. The van der Waals surface area contributed by atoms with Crippen molar-refractivity contribution in [2.75, 3.05) is 40.9 Å². The number of likely N-dealkylation sites (N-methyl/N-ethyl adjacent to an activating group) is 1. The summed E-state index contributed by atoms with van der Waals surface area (Å²) in [4.78, 5) is 23.5. The number of phosphoric acid groups is 1. The van der Waals surface area contributed by atoms with E-state index in [0.717, 1.165) is 96.3 Å². The molecular weight excluding hydrogens is 1140 g/mol. The van der Waals surface area contributed by atoms with Gasteiger partial charge in [0.2, 0.25) is 5.91 Å². The van der Waals surface area contributed by atoms with Crippen molar-refractivity contribution < 1.29 is 32.9 Å². The molecule has 3 N–H and O–H groups in total. The summed E-state index contributed by atoms with van der Waals surface area (Å²) in [6.45, 7) is 4.71. The Kier molecular flexibility index (Phi) is 68.3. The molecule has 9 heteroatoms. The van der Waals surface area contributed by atoms with Gasteiger partial charge in [0, 0.05) is 6.42 Å². The zero-order chi connectivity index (χ0) is 66.2. The third-order valence-electron chi connectivity index (χ3n) is 16.6. The van der Waals surface area contributed by atoms with Crippen LogP contribution in [-0.4, -0.2) is 73.4 Å². The topological polar surface area (TPSA) is 105 Å². The number of allylic oxidation sites excluding steroid dienone is 21. The Morgan fingerprint density at radius 2 is 0.670 bits per heavy atom. The molecule has 0 saturated carbocycles. The highest BCUT2D eigenvalue weighted by Crippen LogP contribution is 2.43. The van der Waals surface area contributed by atoms with Crippen LogP contribution in [0.15, 0.2) is 134 Å². The van der Waals surface area contributed by atoms with E-state index in [1.54, 1.807) is 6.08 Å². The summed E-state index contributed by atoms with van der Waals surface area (Å²) in [7, 11) is 1.55. The summed E-state index contributed by atoms with van der Waals surface area (Å²) in [6.07, 6.45) is 108. The molecule has 0 saturated heterocycles. The van der Waals surface area contributed by atoms with E-state index in [1.807, 2.05) is 27.2 Å². The van der Waals surface area contributed by atoms with Crippen LogP contribution in [0.1, 0.15) is 328 Å². The van der Waals surface area contributed by atoms with Gasteiger partial charge in [-0.3, -0.25) is 13.8 Å². The summed E-state index contributed by atoms with van der Waals surface area (Å²) < 4.78 is 23.8. The first-order valence-corrected chi connectivity index (χ1v) is 39.6. The molecule has 3 atom stereocenters. The Hall–Kier alpha value is -3.36. The first-order valence-electron chi connectivity index (χ1n) is 38.1. The average molecular weight is 1290 g/mol. The highest BCUT2D eigenvalue weighted by molar-refractivity contribution is 7.47. The number of nitrogens with one attached hydrogen (secondary N) is 1. The Labute approximate surface area is 564 Å². The van der Waals surface area contributed by atoms with Gasteiger partial charge in [0.15, 0.2) is 0 Å². The predicted octanol–water partition coefficient (Wildman–Crippen LogP) is 24.9. The predicted molar refractivity (Wildman–Crippen MR) is 401 cm³/mol. The van der Waals surface area contributed by atoms with Gasteiger partial charge >= 0.3 is 7.82 Å². The second-order valence-corrected chi connectivity index (χ2v) is 28.1. The van der Waals surface area contributed by atoms with Crippen LogP contribution in [0, 0.1) is 0 Å². The molecule has 1 amide bonds. The third kappa shape index (κ3) is 73.9. The molecule has 0 aliphatic rings. The molecule has 0 fully saturated rings. The number of phosphoric ester groups is 1. The second kappa shape index (κ2) is 70.9. The monoisotopic (exact) mass is 1290 g/mol. The molecule has 8 nitrogen and oxygen atoms in total. The molecule has 3 unspecified atom stereocenters. The molecule has 0 bridgehead atoms. The first-order chi connectivity index (χ1) is 44.5. The molecular formula is C82H146N2O6P+. The zero-order valence-electron chi connectivity index (χ0n) is 60.0. The molecule has 0 rings (SSSR count). The number of aliphatic hydroxyl groups excluding tert-OH is 1. The summed E-state index contributed by atoms with van der Waals surface area (Å²) in [6, 6.07) is -0.874. The van der Waals surface area contributed by atoms with Crippen LogP contribution in [-0.2, 0) is 18.4 Å². The first kappa shape index (κ1) is 87.6. The lowest BCUT2D eigenvalue weighted by Gasteiger charge is -2.25. The molecule has 0 aliphatic carbocycles. The number of nitrogens with zero attached hydrogens (tertiary/aromatic N) is 1. The van der Waals surface area contributed by atoms with E-state index in [-0.39, 0.29) is 19.1 Å². The van der Waals surface area contributed by atoms with Crippen molar-refractivity contribution in [3.8, 4) is 0 Å². The minimum absolute atomic E-state index is 0.0514. The van der Waals surface area contributed by atoms with E-state index < -0.39 is 20.0 Å². The number of carbonyl (C=O) groups is 1. The van der Waals surface area contributed by atoms with Crippen molar-refractivity contribution in [3.05, 3.63) is 134 Å². The van der Waals surface area contributed by atoms with E-state index in [1.165, 1.54) is 212 Å². The molecule has 0 radical (unpaired) electrons. The van der Waals surface area contributed by atoms with Gasteiger partial charge in [0.25, 0.3) is 0 Å². The SMILES string of the molecule is CC/C=C\C/C=C\C/C=C\C/C=C\C/C=C\C/C=C\C/C=C\C/C=C\C/C=C\CCCCCCCCCCCCCCCC(=O)NC(COP(=O)(O)OCC[N+](C)(C)C)C(O)/C=C/CC/C=C/CCCCCCCCCCCCCCCCCCCCCCCC. The minimum atomic E-state index is -4.37. The number of rotatable bonds is 69.